The van der Waals surface area contributed by atoms with E-state index in [2.05, 4.69) is 10.3 Å². The summed E-state index contributed by atoms with van der Waals surface area (Å²) in [5.41, 5.74) is 3.43. The average molecular weight is 325 g/mol. The van der Waals surface area contributed by atoms with Crippen LogP contribution in [0.3, 0.4) is 0 Å². The van der Waals surface area contributed by atoms with Crippen LogP contribution in [0.2, 0.25) is 0 Å². The number of carbonyl (C=O) groups is 2. The van der Waals surface area contributed by atoms with Gasteiger partial charge in [-0.15, -0.1) is 0 Å². The van der Waals surface area contributed by atoms with Crippen LogP contribution >= 0.6 is 0 Å². The zero-order chi connectivity index (χ0) is 17.1. The van der Waals surface area contributed by atoms with E-state index in [4.69, 9.17) is 4.74 Å². The molecule has 1 aromatic carbocycles. The molecule has 1 aliphatic rings. The van der Waals surface area contributed by atoms with Crippen LogP contribution in [-0.4, -0.2) is 30.5 Å². The lowest BCUT2D eigenvalue weighted by Crippen LogP contribution is -2.26. The molecule has 0 atom stereocenters. The molecule has 0 bridgehead atoms. The van der Waals surface area contributed by atoms with Crippen LogP contribution < -0.4 is 15.0 Å². The van der Waals surface area contributed by atoms with E-state index in [0.717, 1.165) is 23.2 Å². The molecule has 24 heavy (non-hydrogen) atoms. The van der Waals surface area contributed by atoms with E-state index in [-0.39, 0.29) is 11.8 Å². The zero-order valence-electron chi connectivity index (χ0n) is 13.7. The van der Waals surface area contributed by atoms with Gasteiger partial charge in [0.1, 0.15) is 0 Å². The minimum atomic E-state index is -0.144. The average Bonchev–Trinajstić information content (AvgIpc) is 3.03. The number of carbonyl (C=O) groups excluding carboxylic acids is 2. The van der Waals surface area contributed by atoms with E-state index in [1.165, 1.54) is 0 Å². The lowest BCUT2D eigenvalue weighted by atomic mass is 10.1. The number of nitrogens with one attached hydrogen (secondary N) is 1. The number of rotatable bonds is 4. The fraction of sp³-hybridized carbons (Fsp3) is 0.278. The summed E-state index contributed by atoms with van der Waals surface area (Å²) in [5, 5.41) is 2.88. The molecule has 0 unspecified atom stereocenters. The first-order valence-corrected chi connectivity index (χ1v) is 7.76. The Labute approximate surface area is 140 Å². The molecule has 0 fully saturated rings. The number of hydrogen-bond acceptors (Lipinski definition) is 4. The van der Waals surface area contributed by atoms with Crippen molar-refractivity contribution in [3.05, 3.63) is 53.2 Å². The van der Waals surface area contributed by atoms with E-state index in [1.54, 1.807) is 37.3 Å². The molecule has 1 aromatic heterocycles. The van der Waals surface area contributed by atoms with Crippen molar-refractivity contribution in [1.82, 2.24) is 10.3 Å². The van der Waals surface area contributed by atoms with Gasteiger partial charge in [0.2, 0.25) is 11.8 Å². The Morgan fingerprint density at radius 3 is 2.79 bits per heavy atom. The molecule has 6 heteroatoms. The maximum absolute atomic E-state index is 12.3. The molecular formula is C18H19N3O3. The van der Waals surface area contributed by atoms with Gasteiger partial charge in [-0.25, -0.2) is 4.98 Å². The second-order valence-electron chi connectivity index (χ2n) is 5.66. The fourth-order valence-electron chi connectivity index (χ4n) is 2.79. The Balaban J connectivity index is 1.66. The van der Waals surface area contributed by atoms with Crippen LogP contribution in [-0.2, 0) is 17.8 Å². The Kier molecular flexibility index (Phi) is 4.46. The molecule has 0 spiro atoms. The Morgan fingerprint density at radius 2 is 2.12 bits per heavy atom. The number of nitrogens with zero attached hydrogens (tertiary/aromatic N) is 2. The second-order valence-corrected chi connectivity index (χ2v) is 5.66. The maximum Gasteiger partial charge on any atom is 0.251 e. The standard InChI is InChI=1S/C18H19N3O3/c1-12(22)21-8-7-14-9-15(4-5-16(14)21)18(23)20-11-13-3-6-17(24-2)19-10-13/h3-6,9-10H,7-8,11H2,1-2H3,(H,20,23). The Bertz CT molecular complexity index is 772. The predicted molar refractivity (Wildman–Crippen MR) is 90.1 cm³/mol. The normalized spacial score (nSPS) is 12.7. The van der Waals surface area contributed by atoms with Crippen LogP contribution in [0.25, 0.3) is 0 Å². The van der Waals surface area contributed by atoms with E-state index < -0.39 is 0 Å². The van der Waals surface area contributed by atoms with Crippen molar-refractivity contribution < 1.29 is 14.3 Å². The molecule has 2 heterocycles. The number of anilines is 1. The molecule has 0 saturated heterocycles. The van der Waals surface area contributed by atoms with Crippen molar-refractivity contribution in [2.45, 2.75) is 19.9 Å². The van der Waals surface area contributed by atoms with Crippen LogP contribution in [0.4, 0.5) is 5.69 Å². The SMILES string of the molecule is COc1ccc(CNC(=O)c2ccc3c(c2)CCN3C(C)=O)cn1. The van der Waals surface area contributed by atoms with Gasteiger partial charge in [0, 0.05) is 43.5 Å². The first kappa shape index (κ1) is 16.0. The van der Waals surface area contributed by atoms with E-state index >= 15 is 0 Å². The first-order chi connectivity index (χ1) is 11.6. The molecule has 0 radical (unpaired) electrons. The van der Waals surface area contributed by atoms with Gasteiger partial charge in [-0.05, 0) is 35.7 Å². The molecule has 3 rings (SSSR count). The third-order valence-electron chi connectivity index (χ3n) is 4.08. The summed E-state index contributed by atoms with van der Waals surface area (Å²) in [6, 6.07) is 9.07. The summed E-state index contributed by atoms with van der Waals surface area (Å²) in [6.07, 6.45) is 2.45. The van der Waals surface area contributed by atoms with Crippen molar-refractivity contribution in [2.75, 3.05) is 18.6 Å². The highest BCUT2D eigenvalue weighted by atomic mass is 16.5. The fourth-order valence-corrected chi connectivity index (χ4v) is 2.79. The number of fused-ring (bicyclic) bond motifs is 1. The summed E-state index contributed by atoms with van der Waals surface area (Å²) in [7, 11) is 1.56. The molecule has 2 aromatic rings. The second kappa shape index (κ2) is 6.70. The quantitative estimate of drug-likeness (QED) is 0.932. The van der Waals surface area contributed by atoms with Gasteiger partial charge in [-0.2, -0.15) is 0 Å². The lowest BCUT2D eigenvalue weighted by molar-refractivity contribution is -0.116. The van der Waals surface area contributed by atoms with Crippen LogP contribution in [0.1, 0.15) is 28.4 Å². The number of methoxy groups -OCH3 is 1. The molecule has 1 N–H and O–H groups in total. The summed E-state index contributed by atoms with van der Waals surface area (Å²) in [6.45, 7) is 2.62. The van der Waals surface area contributed by atoms with E-state index in [1.807, 2.05) is 18.2 Å². The highest BCUT2D eigenvalue weighted by molar-refractivity contribution is 5.97. The monoisotopic (exact) mass is 325 g/mol. The number of aromatic nitrogens is 1. The van der Waals surface area contributed by atoms with Crippen molar-refractivity contribution in [3.63, 3.8) is 0 Å². The number of pyridine rings is 1. The molecule has 0 saturated carbocycles. The van der Waals surface area contributed by atoms with Crippen molar-refractivity contribution in [3.8, 4) is 5.88 Å². The summed E-state index contributed by atoms with van der Waals surface area (Å²) in [4.78, 5) is 29.7. The van der Waals surface area contributed by atoms with Crippen LogP contribution in [0.5, 0.6) is 5.88 Å². The first-order valence-electron chi connectivity index (χ1n) is 7.76. The number of amides is 2. The smallest absolute Gasteiger partial charge is 0.251 e. The van der Waals surface area contributed by atoms with Gasteiger partial charge in [0.15, 0.2) is 0 Å². The third kappa shape index (κ3) is 3.22. The van der Waals surface area contributed by atoms with Gasteiger partial charge in [0.25, 0.3) is 5.91 Å². The van der Waals surface area contributed by atoms with Crippen LogP contribution in [0, 0.1) is 0 Å². The molecule has 2 amide bonds. The molecule has 6 nitrogen and oxygen atoms in total. The molecular weight excluding hydrogens is 306 g/mol. The van der Waals surface area contributed by atoms with Gasteiger partial charge >= 0.3 is 0 Å². The molecule has 0 aliphatic carbocycles. The molecule has 1 aliphatic heterocycles. The van der Waals surface area contributed by atoms with E-state index in [9.17, 15) is 9.59 Å². The maximum atomic E-state index is 12.3. The molecule has 124 valence electrons. The third-order valence-corrected chi connectivity index (χ3v) is 4.08. The summed E-state index contributed by atoms with van der Waals surface area (Å²) in [5.74, 6) is 0.423. The minimum Gasteiger partial charge on any atom is -0.481 e. The lowest BCUT2D eigenvalue weighted by Gasteiger charge is -2.14. The zero-order valence-corrected chi connectivity index (χ0v) is 13.7. The van der Waals surface area contributed by atoms with Crippen molar-refractivity contribution in [2.24, 2.45) is 0 Å². The van der Waals surface area contributed by atoms with Gasteiger partial charge in [-0.3, -0.25) is 9.59 Å². The highest BCUT2D eigenvalue weighted by Crippen LogP contribution is 2.28. The highest BCUT2D eigenvalue weighted by Gasteiger charge is 2.23. The Hall–Kier alpha value is -2.89. The number of ether oxygens (including phenoxy) is 1. The van der Waals surface area contributed by atoms with Gasteiger partial charge < -0.3 is 15.0 Å². The topological polar surface area (TPSA) is 71.5 Å². The van der Waals surface area contributed by atoms with Crippen molar-refractivity contribution >= 4 is 17.5 Å². The number of benzene rings is 1. The van der Waals surface area contributed by atoms with E-state index in [0.29, 0.717) is 24.5 Å². The summed E-state index contributed by atoms with van der Waals surface area (Å²) >= 11 is 0. The summed E-state index contributed by atoms with van der Waals surface area (Å²) < 4.78 is 5.01. The van der Waals surface area contributed by atoms with Crippen molar-refractivity contribution in [1.29, 1.82) is 0 Å². The van der Waals surface area contributed by atoms with Crippen LogP contribution in [0.15, 0.2) is 36.5 Å². The largest absolute Gasteiger partial charge is 0.481 e. The van der Waals surface area contributed by atoms with Gasteiger partial charge in [-0.1, -0.05) is 6.07 Å². The number of hydrogen-bond donors (Lipinski definition) is 1. The predicted octanol–water partition coefficient (Wildman–Crippen LogP) is 1.93. The Morgan fingerprint density at radius 1 is 1.29 bits per heavy atom. The van der Waals surface area contributed by atoms with Gasteiger partial charge in [0.05, 0.1) is 7.11 Å². The minimum absolute atomic E-state index is 0.0259.